The van der Waals surface area contributed by atoms with Crippen molar-refractivity contribution in [3.05, 3.63) is 30.3 Å². The van der Waals surface area contributed by atoms with Gasteiger partial charge in [-0.2, -0.15) is 0 Å². The van der Waals surface area contributed by atoms with E-state index in [4.69, 9.17) is 0 Å². The predicted octanol–water partition coefficient (Wildman–Crippen LogP) is 1.54. The Balaban J connectivity index is 3.05. The zero-order valence-electron chi connectivity index (χ0n) is 13.2. The van der Waals surface area contributed by atoms with Gasteiger partial charge in [-0.05, 0) is 39.8 Å². The van der Waals surface area contributed by atoms with Gasteiger partial charge in [-0.1, -0.05) is 18.2 Å². The average Bonchev–Trinajstić information content (AvgIpc) is 2.48. The molecule has 2 amide bonds. The number of carbonyl (C=O) groups excluding carboxylic acids is 2. The SMILES string of the molecule is CCNC(=O)C(C)N(c1ccccc1)C(C)C(=O)NCC. The van der Waals surface area contributed by atoms with E-state index in [2.05, 4.69) is 10.6 Å². The van der Waals surface area contributed by atoms with Crippen molar-refractivity contribution in [2.75, 3.05) is 18.0 Å². The van der Waals surface area contributed by atoms with Gasteiger partial charge in [0.15, 0.2) is 0 Å². The lowest BCUT2D eigenvalue weighted by atomic mass is 10.1. The molecule has 0 saturated carbocycles. The van der Waals surface area contributed by atoms with E-state index in [9.17, 15) is 9.59 Å². The third kappa shape index (κ3) is 4.48. The fourth-order valence-corrected chi connectivity index (χ4v) is 2.28. The van der Waals surface area contributed by atoms with Crippen molar-refractivity contribution in [1.29, 1.82) is 0 Å². The highest BCUT2D eigenvalue weighted by Crippen LogP contribution is 2.20. The summed E-state index contributed by atoms with van der Waals surface area (Å²) in [6.07, 6.45) is 0. The van der Waals surface area contributed by atoms with Crippen molar-refractivity contribution >= 4 is 17.5 Å². The molecule has 0 aliphatic carbocycles. The highest BCUT2D eigenvalue weighted by Gasteiger charge is 2.29. The number of nitrogens with one attached hydrogen (secondary N) is 2. The first-order valence-corrected chi connectivity index (χ1v) is 7.41. The number of rotatable bonds is 7. The molecular formula is C16H25N3O2. The number of para-hydroxylation sites is 1. The van der Waals surface area contributed by atoms with Crippen LogP contribution < -0.4 is 15.5 Å². The second kappa shape index (κ2) is 8.29. The highest BCUT2D eigenvalue weighted by atomic mass is 16.2. The minimum Gasteiger partial charge on any atom is -0.355 e. The van der Waals surface area contributed by atoms with Crippen LogP contribution in [0.15, 0.2) is 30.3 Å². The van der Waals surface area contributed by atoms with E-state index >= 15 is 0 Å². The van der Waals surface area contributed by atoms with Crippen molar-refractivity contribution in [3.63, 3.8) is 0 Å². The number of hydrogen-bond donors (Lipinski definition) is 2. The summed E-state index contributed by atoms with van der Waals surface area (Å²) in [6.45, 7) is 8.53. The van der Waals surface area contributed by atoms with E-state index in [1.807, 2.05) is 62.9 Å². The minimum absolute atomic E-state index is 0.0856. The number of likely N-dealkylation sites (N-methyl/N-ethyl adjacent to an activating group) is 2. The predicted molar refractivity (Wildman–Crippen MR) is 85.2 cm³/mol. The molecule has 0 aromatic heterocycles. The summed E-state index contributed by atoms with van der Waals surface area (Å²) in [5, 5.41) is 5.62. The standard InChI is InChI=1S/C16H25N3O2/c1-5-17-15(20)12(3)19(13(4)16(21)18-6-2)14-10-8-7-9-11-14/h7-13H,5-6H2,1-4H3,(H,17,20)(H,18,21). The first-order valence-electron chi connectivity index (χ1n) is 7.41. The minimum atomic E-state index is -0.426. The van der Waals surface area contributed by atoms with Crippen molar-refractivity contribution in [1.82, 2.24) is 10.6 Å². The summed E-state index contributed by atoms with van der Waals surface area (Å²) in [7, 11) is 0. The molecule has 5 nitrogen and oxygen atoms in total. The maximum Gasteiger partial charge on any atom is 0.242 e. The van der Waals surface area contributed by atoms with Crippen LogP contribution in [0.3, 0.4) is 0 Å². The Hall–Kier alpha value is -2.04. The zero-order chi connectivity index (χ0) is 15.8. The molecule has 1 aromatic rings. The number of benzene rings is 1. The van der Waals surface area contributed by atoms with Crippen LogP contribution in [0.4, 0.5) is 5.69 Å². The molecule has 0 bridgehead atoms. The van der Waals surface area contributed by atoms with Crippen molar-refractivity contribution < 1.29 is 9.59 Å². The summed E-state index contributed by atoms with van der Waals surface area (Å²) in [5.41, 5.74) is 0.856. The van der Waals surface area contributed by atoms with Gasteiger partial charge in [-0.3, -0.25) is 9.59 Å². The van der Waals surface area contributed by atoms with Gasteiger partial charge < -0.3 is 15.5 Å². The maximum atomic E-state index is 12.2. The molecule has 0 radical (unpaired) electrons. The van der Waals surface area contributed by atoms with Crippen molar-refractivity contribution in [2.24, 2.45) is 0 Å². The van der Waals surface area contributed by atoms with E-state index in [1.165, 1.54) is 0 Å². The van der Waals surface area contributed by atoms with Gasteiger partial charge in [0.05, 0.1) is 0 Å². The molecule has 0 aliphatic rings. The Morgan fingerprint density at radius 1 is 0.952 bits per heavy atom. The fourth-order valence-electron chi connectivity index (χ4n) is 2.28. The lowest BCUT2D eigenvalue weighted by Gasteiger charge is -2.35. The van der Waals surface area contributed by atoms with Crippen LogP contribution in [0.2, 0.25) is 0 Å². The normalized spacial score (nSPS) is 13.1. The quantitative estimate of drug-likeness (QED) is 0.801. The van der Waals surface area contributed by atoms with Crippen LogP contribution in [0.1, 0.15) is 27.7 Å². The Labute approximate surface area is 126 Å². The number of anilines is 1. The summed E-state index contributed by atoms with van der Waals surface area (Å²) in [6, 6.07) is 8.68. The third-order valence-electron chi connectivity index (χ3n) is 3.35. The number of amides is 2. The average molecular weight is 291 g/mol. The van der Waals surface area contributed by atoms with Crippen LogP contribution >= 0.6 is 0 Å². The molecule has 5 heteroatoms. The van der Waals surface area contributed by atoms with Gasteiger partial charge in [0.1, 0.15) is 12.1 Å². The smallest absolute Gasteiger partial charge is 0.242 e. The number of hydrogen-bond acceptors (Lipinski definition) is 3. The lowest BCUT2D eigenvalue weighted by Crippen LogP contribution is -2.54. The summed E-state index contributed by atoms with van der Waals surface area (Å²) in [5.74, 6) is -0.171. The van der Waals surface area contributed by atoms with Crippen LogP contribution in [0, 0.1) is 0 Å². The molecule has 0 saturated heterocycles. The van der Waals surface area contributed by atoms with Crippen LogP contribution in [-0.2, 0) is 9.59 Å². The van der Waals surface area contributed by atoms with Gasteiger partial charge in [-0.25, -0.2) is 0 Å². The lowest BCUT2D eigenvalue weighted by molar-refractivity contribution is -0.123. The fraction of sp³-hybridized carbons (Fsp3) is 0.500. The Kier molecular flexibility index (Phi) is 6.72. The van der Waals surface area contributed by atoms with Crippen LogP contribution in [0.5, 0.6) is 0 Å². The second-order valence-electron chi connectivity index (χ2n) is 4.88. The van der Waals surface area contributed by atoms with E-state index in [-0.39, 0.29) is 11.8 Å². The maximum absolute atomic E-state index is 12.2. The molecule has 2 N–H and O–H groups in total. The molecule has 116 valence electrons. The number of nitrogens with zero attached hydrogens (tertiary/aromatic N) is 1. The first kappa shape index (κ1) is 17.0. The van der Waals surface area contributed by atoms with Gasteiger partial charge in [0.25, 0.3) is 0 Å². The van der Waals surface area contributed by atoms with Gasteiger partial charge in [0, 0.05) is 18.8 Å². The topological polar surface area (TPSA) is 61.4 Å². The molecule has 2 unspecified atom stereocenters. The highest BCUT2D eigenvalue weighted by molar-refractivity contribution is 5.90. The molecule has 0 spiro atoms. The third-order valence-corrected chi connectivity index (χ3v) is 3.35. The largest absolute Gasteiger partial charge is 0.355 e. The summed E-state index contributed by atoms with van der Waals surface area (Å²) < 4.78 is 0. The molecule has 21 heavy (non-hydrogen) atoms. The number of carbonyl (C=O) groups is 2. The molecule has 1 rings (SSSR count). The van der Waals surface area contributed by atoms with Gasteiger partial charge in [-0.15, -0.1) is 0 Å². The van der Waals surface area contributed by atoms with E-state index in [1.54, 1.807) is 0 Å². The van der Waals surface area contributed by atoms with Crippen LogP contribution in [0.25, 0.3) is 0 Å². The summed E-state index contributed by atoms with van der Waals surface area (Å²) >= 11 is 0. The molecule has 2 atom stereocenters. The van der Waals surface area contributed by atoms with Gasteiger partial charge in [0.2, 0.25) is 11.8 Å². The van der Waals surface area contributed by atoms with Crippen LogP contribution in [-0.4, -0.2) is 37.0 Å². The molecule has 1 aromatic carbocycles. The molecular weight excluding hydrogens is 266 g/mol. The van der Waals surface area contributed by atoms with Crippen molar-refractivity contribution in [2.45, 2.75) is 39.8 Å². The van der Waals surface area contributed by atoms with E-state index in [0.29, 0.717) is 13.1 Å². The summed E-state index contributed by atoms with van der Waals surface area (Å²) in [4.78, 5) is 26.2. The second-order valence-corrected chi connectivity index (χ2v) is 4.88. The van der Waals surface area contributed by atoms with E-state index in [0.717, 1.165) is 5.69 Å². The van der Waals surface area contributed by atoms with Gasteiger partial charge >= 0.3 is 0 Å². The molecule has 0 aliphatic heterocycles. The monoisotopic (exact) mass is 291 g/mol. The zero-order valence-corrected chi connectivity index (χ0v) is 13.2. The van der Waals surface area contributed by atoms with Crippen molar-refractivity contribution in [3.8, 4) is 0 Å². The Morgan fingerprint density at radius 2 is 1.38 bits per heavy atom. The first-order chi connectivity index (χ1) is 10.0. The Morgan fingerprint density at radius 3 is 1.76 bits per heavy atom. The Bertz CT molecular complexity index is 438. The van der Waals surface area contributed by atoms with E-state index < -0.39 is 12.1 Å². The molecule has 0 fully saturated rings. The molecule has 0 heterocycles.